The lowest BCUT2D eigenvalue weighted by molar-refractivity contribution is -0.129. The summed E-state index contributed by atoms with van der Waals surface area (Å²) >= 11 is 0. The summed E-state index contributed by atoms with van der Waals surface area (Å²) in [5, 5.41) is 0. The molecule has 0 radical (unpaired) electrons. The first-order valence-corrected chi connectivity index (χ1v) is 9.50. The Labute approximate surface area is 154 Å². The maximum Gasteiger partial charge on any atom is 0.220 e. The molecule has 0 bridgehead atoms. The number of hydrogen-bond donors (Lipinski definition) is 0. The number of amides is 1. The van der Waals surface area contributed by atoms with Gasteiger partial charge >= 0.3 is 0 Å². The molecule has 0 unspecified atom stereocenters. The van der Waals surface area contributed by atoms with Crippen molar-refractivity contribution in [3.63, 3.8) is 0 Å². The summed E-state index contributed by atoms with van der Waals surface area (Å²) in [6.07, 6.45) is 4.16. The molecule has 4 rings (SSSR count). The fourth-order valence-electron chi connectivity index (χ4n) is 4.08. The third-order valence-corrected chi connectivity index (χ3v) is 5.33. The largest absolute Gasteiger partial charge is 0.333 e. The van der Waals surface area contributed by atoms with E-state index in [2.05, 4.69) is 53.1 Å². The van der Waals surface area contributed by atoms with Crippen molar-refractivity contribution in [3.05, 3.63) is 66.0 Å². The van der Waals surface area contributed by atoms with E-state index in [9.17, 15) is 4.79 Å². The molecule has 1 aliphatic heterocycles. The van der Waals surface area contributed by atoms with Crippen LogP contribution in [-0.4, -0.2) is 26.9 Å². The predicted octanol–water partition coefficient (Wildman–Crippen LogP) is 4.35. The second-order valence-corrected chi connectivity index (χ2v) is 7.07. The Morgan fingerprint density at radius 2 is 1.88 bits per heavy atom. The maximum absolute atomic E-state index is 12.0. The zero-order valence-electron chi connectivity index (χ0n) is 15.3. The average Bonchev–Trinajstić information content (AvgIpc) is 3.27. The summed E-state index contributed by atoms with van der Waals surface area (Å²) in [6.45, 7) is 3.43. The molecule has 4 heteroatoms. The normalized spacial score (nSPS) is 17.1. The molecule has 2 aromatic carbocycles. The summed E-state index contributed by atoms with van der Waals surface area (Å²) in [6, 6.07) is 19.0. The average molecular weight is 347 g/mol. The molecule has 1 aliphatic rings. The summed E-state index contributed by atoms with van der Waals surface area (Å²) in [5.74, 6) is 1.20. The summed E-state index contributed by atoms with van der Waals surface area (Å²) in [5.41, 5.74) is 3.56. The second kappa shape index (κ2) is 7.32. The number of para-hydroxylation sites is 2. The number of benzene rings is 2. The van der Waals surface area contributed by atoms with Crippen LogP contribution >= 0.6 is 0 Å². The monoisotopic (exact) mass is 347 g/mol. The van der Waals surface area contributed by atoms with Crippen LogP contribution < -0.4 is 0 Å². The minimum absolute atomic E-state index is 0.108. The molecule has 3 aromatic rings. The van der Waals surface area contributed by atoms with Crippen molar-refractivity contribution in [2.24, 2.45) is 0 Å². The number of likely N-dealkylation sites (tertiary alicyclic amines) is 1. The van der Waals surface area contributed by atoms with Crippen LogP contribution in [-0.2, 0) is 17.8 Å². The summed E-state index contributed by atoms with van der Waals surface area (Å²) < 4.78 is 2.34. The molecule has 0 N–H and O–H groups in total. The van der Waals surface area contributed by atoms with E-state index in [-0.39, 0.29) is 11.9 Å². The van der Waals surface area contributed by atoms with Gasteiger partial charge in [0, 0.05) is 20.0 Å². The Kier molecular flexibility index (Phi) is 4.74. The van der Waals surface area contributed by atoms with Crippen molar-refractivity contribution in [1.29, 1.82) is 0 Å². The molecular formula is C22H25N3O. The van der Waals surface area contributed by atoms with Crippen molar-refractivity contribution in [2.75, 3.05) is 6.54 Å². The summed E-state index contributed by atoms with van der Waals surface area (Å²) in [7, 11) is 0. The minimum atomic E-state index is 0.108. The van der Waals surface area contributed by atoms with Gasteiger partial charge in [0.05, 0.1) is 17.1 Å². The number of carbonyl (C=O) groups excluding carboxylic acids is 1. The lowest BCUT2D eigenvalue weighted by Gasteiger charge is -2.24. The molecule has 0 spiro atoms. The van der Waals surface area contributed by atoms with Crippen molar-refractivity contribution in [1.82, 2.24) is 14.5 Å². The predicted molar refractivity (Wildman–Crippen MR) is 104 cm³/mol. The Morgan fingerprint density at radius 3 is 2.69 bits per heavy atom. The Bertz CT molecular complexity index is 900. The molecule has 26 heavy (non-hydrogen) atoms. The molecule has 4 nitrogen and oxygen atoms in total. The third kappa shape index (κ3) is 3.24. The van der Waals surface area contributed by atoms with Gasteiger partial charge < -0.3 is 9.47 Å². The SMILES string of the molecule is CC(=O)N1CCC[C@@H]1c1nc2ccccc2n1CCCc1ccccc1. The molecule has 0 aliphatic carbocycles. The van der Waals surface area contributed by atoms with Gasteiger partial charge in [0.15, 0.2) is 0 Å². The fraction of sp³-hybridized carbons (Fsp3) is 0.364. The third-order valence-electron chi connectivity index (χ3n) is 5.33. The first-order valence-electron chi connectivity index (χ1n) is 9.50. The highest BCUT2D eigenvalue weighted by Crippen LogP contribution is 2.33. The van der Waals surface area contributed by atoms with Gasteiger partial charge in [-0.1, -0.05) is 42.5 Å². The van der Waals surface area contributed by atoms with Crippen molar-refractivity contribution in [3.8, 4) is 0 Å². The van der Waals surface area contributed by atoms with E-state index in [1.54, 1.807) is 6.92 Å². The minimum Gasteiger partial charge on any atom is -0.333 e. The van der Waals surface area contributed by atoms with Gasteiger partial charge in [-0.3, -0.25) is 4.79 Å². The molecule has 0 saturated carbocycles. The van der Waals surface area contributed by atoms with Gasteiger partial charge in [-0.05, 0) is 43.4 Å². The zero-order chi connectivity index (χ0) is 17.9. The number of rotatable bonds is 5. The van der Waals surface area contributed by atoms with Gasteiger partial charge in [-0.25, -0.2) is 4.98 Å². The number of aryl methyl sites for hydroxylation is 2. The lowest BCUT2D eigenvalue weighted by atomic mass is 10.1. The standard InChI is InChI=1S/C22H25N3O/c1-17(26)24-15-8-14-21(24)22-23-19-12-5-6-13-20(19)25(22)16-7-11-18-9-3-2-4-10-18/h2-6,9-10,12-13,21H,7-8,11,14-16H2,1H3/t21-/m1/s1. The molecule has 1 atom stereocenters. The number of imidazole rings is 1. The first kappa shape index (κ1) is 16.8. The Morgan fingerprint density at radius 1 is 1.12 bits per heavy atom. The number of aromatic nitrogens is 2. The van der Waals surface area contributed by atoms with E-state index in [1.807, 2.05) is 11.0 Å². The summed E-state index contributed by atoms with van der Waals surface area (Å²) in [4.78, 5) is 18.9. The molecule has 1 amide bonds. The second-order valence-electron chi connectivity index (χ2n) is 7.07. The lowest BCUT2D eigenvalue weighted by Crippen LogP contribution is -2.30. The molecule has 1 aromatic heterocycles. The van der Waals surface area contributed by atoms with Gasteiger partial charge in [0.1, 0.15) is 5.82 Å². The first-order chi connectivity index (χ1) is 12.7. The quantitative estimate of drug-likeness (QED) is 0.688. The highest BCUT2D eigenvalue weighted by molar-refractivity contribution is 5.77. The van der Waals surface area contributed by atoms with E-state index in [0.29, 0.717) is 0 Å². The molecule has 1 fully saturated rings. The van der Waals surface area contributed by atoms with Crippen molar-refractivity contribution >= 4 is 16.9 Å². The van der Waals surface area contributed by atoms with Crippen LogP contribution in [0.2, 0.25) is 0 Å². The Balaban J connectivity index is 1.62. The maximum atomic E-state index is 12.0. The molecule has 2 heterocycles. The van der Waals surface area contributed by atoms with Gasteiger partial charge in [-0.15, -0.1) is 0 Å². The van der Waals surface area contributed by atoms with E-state index in [1.165, 1.54) is 11.1 Å². The molecular weight excluding hydrogens is 322 g/mol. The Hall–Kier alpha value is -2.62. The van der Waals surface area contributed by atoms with Crippen LogP contribution in [0, 0.1) is 0 Å². The van der Waals surface area contributed by atoms with Crippen LogP contribution in [0.4, 0.5) is 0 Å². The number of hydrogen-bond acceptors (Lipinski definition) is 2. The fourth-order valence-corrected chi connectivity index (χ4v) is 4.08. The van der Waals surface area contributed by atoms with Crippen LogP contribution in [0.5, 0.6) is 0 Å². The van der Waals surface area contributed by atoms with Crippen molar-refractivity contribution in [2.45, 2.75) is 45.2 Å². The smallest absolute Gasteiger partial charge is 0.220 e. The number of carbonyl (C=O) groups is 1. The highest BCUT2D eigenvalue weighted by atomic mass is 16.2. The van der Waals surface area contributed by atoms with Gasteiger partial charge in [0.25, 0.3) is 0 Å². The van der Waals surface area contributed by atoms with Crippen LogP contribution in [0.1, 0.15) is 43.6 Å². The van der Waals surface area contributed by atoms with E-state index < -0.39 is 0 Å². The van der Waals surface area contributed by atoms with Crippen LogP contribution in [0.15, 0.2) is 54.6 Å². The zero-order valence-corrected chi connectivity index (χ0v) is 15.3. The highest BCUT2D eigenvalue weighted by Gasteiger charge is 2.31. The van der Waals surface area contributed by atoms with Crippen LogP contribution in [0.3, 0.4) is 0 Å². The number of fused-ring (bicyclic) bond motifs is 1. The number of nitrogens with zero attached hydrogens (tertiary/aromatic N) is 3. The van der Waals surface area contributed by atoms with Gasteiger partial charge in [-0.2, -0.15) is 0 Å². The van der Waals surface area contributed by atoms with E-state index in [4.69, 9.17) is 4.98 Å². The van der Waals surface area contributed by atoms with Crippen LogP contribution in [0.25, 0.3) is 11.0 Å². The van der Waals surface area contributed by atoms with E-state index >= 15 is 0 Å². The topological polar surface area (TPSA) is 38.1 Å². The molecule has 1 saturated heterocycles. The van der Waals surface area contributed by atoms with E-state index in [0.717, 1.165) is 50.1 Å². The molecule has 134 valence electrons. The van der Waals surface area contributed by atoms with Crippen molar-refractivity contribution < 1.29 is 4.79 Å². The van der Waals surface area contributed by atoms with Gasteiger partial charge in [0.2, 0.25) is 5.91 Å².